The number of aliphatic hydroxyl groups is 1. The molecule has 68 valence electrons. The molecule has 0 fully saturated rings. The lowest BCUT2D eigenvalue weighted by Gasteiger charge is -2.11. The first-order chi connectivity index (χ1) is 5.16. The Kier molecular flexibility index (Phi) is 6.57. The summed E-state index contributed by atoms with van der Waals surface area (Å²) >= 11 is 0. The third-order valence-electron chi connectivity index (χ3n) is 1.59. The minimum Gasteiger partial charge on any atom is -0.391 e. The Morgan fingerprint density at radius 3 is 2.36 bits per heavy atom. The summed E-state index contributed by atoms with van der Waals surface area (Å²) in [5, 5.41) is 9.30. The summed E-state index contributed by atoms with van der Waals surface area (Å²) in [6, 6.07) is 0. The van der Waals surface area contributed by atoms with E-state index >= 15 is 0 Å². The highest BCUT2D eigenvalue weighted by Crippen LogP contribution is 2.06. The van der Waals surface area contributed by atoms with Crippen LogP contribution >= 0.6 is 0 Å². The lowest BCUT2D eigenvalue weighted by molar-refractivity contribution is 0.0354. The van der Waals surface area contributed by atoms with Gasteiger partial charge in [-0.25, -0.2) is 0 Å². The first-order valence-corrected chi connectivity index (χ1v) is 4.42. The zero-order valence-electron chi connectivity index (χ0n) is 7.84. The average molecular weight is 160 g/mol. The zero-order chi connectivity index (χ0) is 8.69. The Hall–Kier alpha value is -0.0800. The molecule has 0 saturated heterocycles. The molecule has 0 aromatic carbocycles. The van der Waals surface area contributed by atoms with Gasteiger partial charge in [0.25, 0.3) is 0 Å². The summed E-state index contributed by atoms with van der Waals surface area (Å²) in [4.78, 5) is 0. The van der Waals surface area contributed by atoms with Gasteiger partial charge in [-0.3, -0.25) is 0 Å². The molecule has 0 saturated carbocycles. The predicted molar refractivity (Wildman–Crippen MR) is 46.6 cm³/mol. The Balaban J connectivity index is 3.15. The fourth-order valence-electron chi connectivity index (χ4n) is 0.863. The third kappa shape index (κ3) is 7.82. The largest absolute Gasteiger partial charge is 0.391 e. The second-order valence-corrected chi connectivity index (χ2v) is 3.28. The third-order valence-corrected chi connectivity index (χ3v) is 1.59. The van der Waals surface area contributed by atoms with E-state index in [4.69, 9.17) is 4.74 Å². The molecule has 0 spiro atoms. The first-order valence-electron chi connectivity index (χ1n) is 4.42. The molecule has 0 radical (unpaired) electrons. The lowest BCUT2D eigenvalue weighted by Crippen LogP contribution is -2.15. The van der Waals surface area contributed by atoms with E-state index in [1.165, 1.54) is 0 Å². The molecule has 1 atom stereocenters. The molecule has 0 heterocycles. The average Bonchev–Trinajstić information content (AvgIpc) is 1.97. The topological polar surface area (TPSA) is 29.5 Å². The van der Waals surface area contributed by atoms with E-state index in [2.05, 4.69) is 13.8 Å². The Morgan fingerprint density at radius 2 is 1.91 bits per heavy atom. The monoisotopic (exact) mass is 160 g/mol. The lowest BCUT2D eigenvalue weighted by atomic mass is 10.1. The highest BCUT2D eigenvalue weighted by Gasteiger charge is 2.04. The van der Waals surface area contributed by atoms with Crippen LogP contribution in [0.2, 0.25) is 0 Å². The van der Waals surface area contributed by atoms with Gasteiger partial charge in [0, 0.05) is 6.61 Å². The fraction of sp³-hybridized carbons (Fsp3) is 1.00. The van der Waals surface area contributed by atoms with E-state index in [0.29, 0.717) is 19.1 Å². The van der Waals surface area contributed by atoms with Crippen LogP contribution in [0.4, 0.5) is 0 Å². The van der Waals surface area contributed by atoms with Crippen LogP contribution in [-0.4, -0.2) is 24.4 Å². The maximum Gasteiger partial charge on any atom is 0.0773 e. The van der Waals surface area contributed by atoms with Crippen molar-refractivity contribution >= 4 is 0 Å². The molecule has 0 aliphatic heterocycles. The van der Waals surface area contributed by atoms with Crippen molar-refractivity contribution in [2.75, 3.05) is 13.2 Å². The van der Waals surface area contributed by atoms with Crippen LogP contribution in [0.25, 0.3) is 0 Å². The second-order valence-electron chi connectivity index (χ2n) is 3.28. The zero-order valence-corrected chi connectivity index (χ0v) is 7.84. The molecule has 0 amide bonds. The van der Waals surface area contributed by atoms with Gasteiger partial charge in [-0.15, -0.1) is 0 Å². The van der Waals surface area contributed by atoms with Crippen LogP contribution in [0.15, 0.2) is 0 Å². The van der Waals surface area contributed by atoms with Crippen molar-refractivity contribution in [1.29, 1.82) is 0 Å². The number of hydrogen-bond acceptors (Lipinski definition) is 2. The fourth-order valence-corrected chi connectivity index (χ4v) is 0.863. The minimum absolute atomic E-state index is 0.266. The number of rotatable bonds is 6. The number of aliphatic hydroxyl groups excluding tert-OH is 1. The Morgan fingerprint density at radius 1 is 1.27 bits per heavy atom. The van der Waals surface area contributed by atoms with Gasteiger partial charge in [0.05, 0.1) is 12.7 Å². The molecule has 1 N–H and O–H groups in total. The van der Waals surface area contributed by atoms with Crippen molar-refractivity contribution in [3.05, 3.63) is 0 Å². The standard InChI is InChI=1S/C9H20O2/c1-4-11-7-9(10)6-5-8(2)3/h8-10H,4-7H2,1-3H3. The van der Waals surface area contributed by atoms with Crippen LogP contribution in [-0.2, 0) is 4.74 Å². The van der Waals surface area contributed by atoms with Crippen LogP contribution < -0.4 is 0 Å². The first kappa shape index (κ1) is 10.9. The van der Waals surface area contributed by atoms with Gasteiger partial charge in [-0.05, 0) is 25.7 Å². The molecule has 0 aromatic rings. The van der Waals surface area contributed by atoms with Gasteiger partial charge < -0.3 is 9.84 Å². The molecular formula is C9H20O2. The quantitative estimate of drug-likeness (QED) is 0.642. The summed E-state index contributed by atoms with van der Waals surface area (Å²) in [5.74, 6) is 0.672. The van der Waals surface area contributed by atoms with E-state index in [1.54, 1.807) is 0 Å². The van der Waals surface area contributed by atoms with Gasteiger partial charge in [0.2, 0.25) is 0 Å². The highest BCUT2D eigenvalue weighted by molar-refractivity contribution is 4.55. The van der Waals surface area contributed by atoms with Crippen LogP contribution in [0, 0.1) is 5.92 Å². The SMILES string of the molecule is CCOCC(O)CCC(C)C. The smallest absolute Gasteiger partial charge is 0.0773 e. The molecule has 0 rings (SSSR count). The Bertz CT molecular complexity index is 81.6. The molecule has 2 heteroatoms. The van der Waals surface area contributed by atoms with Crippen molar-refractivity contribution in [2.45, 2.75) is 39.7 Å². The number of hydrogen-bond donors (Lipinski definition) is 1. The predicted octanol–water partition coefficient (Wildman–Crippen LogP) is 1.82. The van der Waals surface area contributed by atoms with Crippen LogP contribution in [0.1, 0.15) is 33.6 Å². The molecule has 0 aliphatic carbocycles. The normalized spacial score (nSPS) is 13.9. The maximum absolute atomic E-state index is 9.30. The minimum atomic E-state index is -0.266. The molecular weight excluding hydrogens is 140 g/mol. The summed E-state index contributed by atoms with van der Waals surface area (Å²) in [6.45, 7) is 7.44. The van der Waals surface area contributed by atoms with Gasteiger partial charge in [0.15, 0.2) is 0 Å². The summed E-state index contributed by atoms with van der Waals surface area (Å²) in [6.07, 6.45) is 1.67. The van der Waals surface area contributed by atoms with Crippen LogP contribution in [0.3, 0.4) is 0 Å². The van der Waals surface area contributed by atoms with E-state index in [-0.39, 0.29) is 6.10 Å². The van der Waals surface area contributed by atoms with Crippen molar-refractivity contribution in [3.8, 4) is 0 Å². The highest BCUT2D eigenvalue weighted by atomic mass is 16.5. The molecule has 11 heavy (non-hydrogen) atoms. The van der Waals surface area contributed by atoms with Crippen molar-refractivity contribution in [1.82, 2.24) is 0 Å². The summed E-state index contributed by atoms with van der Waals surface area (Å²) in [7, 11) is 0. The van der Waals surface area contributed by atoms with E-state index in [1.807, 2.05) is 6.92 Å². The van der Waals surface area contributed by atoms with Gasteiger partial charge in [0.1, 0.15) is 0 Å². The molecule has 0 aliphatic rings. The Labute approximate surface area is 69.6 Å². The van der Waals surface area contributed by atoms with Crippen molar-refractivity contribution < 1.29 is 9.84 Å². The van der Waals surface area contributed by atoms with E-state index in [0.717, 1.165) is 12.8 Å². The molecule has 1 unspecified atom stereocenters. The van der Waals surface area contributed by atoms with E-state index in [9.17, 15) is 5.11 Å². The molecule has 2 nitrogen and oxygen atoms in total. The van der Waals surface area contributed by atoms with Crippen LogP contribution in [0.5, 0.6) is 0 Å². The summed E-state index contributed by atoms with van der Waals surface area (Å²) in [5.41, 5.74) is 0. The molecule has 0 bridgehead atoms. The van der Waals surface area contributed by atoms with E-state index < -0.39 is 0 Å². The molecule has 0 aromatic heterocycles. The second kappa shape index (κ2) is 6.62. The van der Waals surface area contributed by atoms with Gasteiger partial charge in [-0.2, -0.15) is 0 Å². The van der Waals surface area contributed by atoms with Crippen molar-refractivity contribution in [2.24, 2.45) is 5.92 Å². The van der Waals surface area contributed by atoms with Gasteiger partial charge >= 0.3 is 0 Å². The van der Waals surface area contributed by atoms with Gasteiger partial charge in [-0.1, -0.05) is 13.8 Å². The number of ether oxygens (including phenoxy) is 1. The summed E-state index contributed by atoms with van der Waals surface area (Å²) < 4.78 is 5.08. The maximum atomic E-state index is 9.30. The van der Waals surface area contributed by atoms with Crippen molar-refractivity contribution in [3.63, 3.8) is 0 Å².